The van der Waals surface area contributed by atoms with E-state index < -0.39 is 0 Å². The van der Waals surface area contributed by atoms with Gasteiger partial charge in [0.25, 0.3) is 0 Å². The lowest BCUT2D eigenvalue weighted by Gasteiger charge is -2.17. The predicted octanol–water partition coefficient (Wildman–Crippen LogP) is 6.77. The first-order valence-electron chi connectivity index (χ1n) is 12.2. The van der Waals surface area contributed by atoms with Crippen molar-refractivity contribution in [2.45, 2.75) is 38.2 Å². The maximum absolute atomic E-state index is 15.1. The van der Waals surface area contributed by atoms with Gasteiger partial charge in [-0.2, -0.15) is 0 Å². The van der Waals surface area contributed by atoms with Crippen molar-refractivity contribution < 1.29 is 18.7 Å². The number of aromatic nitrogens is 1. The quantitative estimate of drug-likeness (QED) is 0.294. The largest absolute Gasteiger partial charge is 0.486 e. The Morgan fingerprint density at radius 3 is 2.74 bits per heavy atom. The van der Waals surface area contributed by atoms with E-state index in [1.807, 2.05) is 61.7 Å². The summed E-state index contributed by atoms with van der Waals surface area (Å²) in [6, 6.07) is 19.5. The normalized spacial score (nSPS) is 20.5. The van der Waals surface area contributed by atoms with Gasteiger partial charge in [0.1, 0.15) is 17.7 Å². The SMILES string of the molecule is CCOC(=O)[C@H]1C[C@@H]1c1ccc(O[C@@H]2CCc3c(-c4cccc5cnccc45)ccc(F)c32)cc1. The summed E-state index contributed by atoms with van der Waals surface area (Å²) in [4.78, 5) is 16.2. The molecule has 2 aliphatic carbocycles. The fourth-order valence-corrected chi connectivity index (χ4v) is 5.43. The van der Waals surface area contributed by atoms with E-state index >= 15 is 4.39 Å². The summed E-state index contributed by atoms with van der Waals surface area (Å²) in [5, 5.41) is 2.17. The van der Waals surface area contributed by atoms with Gasteiger partial charge in [0, 0.05) is 23.3 Å². The molecule has 0 saturated heterocycles. The number of carbonyl (C=O) groups is 1. The van der Waals surface area contributed by atoms with Gasteiger partial charge in [0.15, 0.2) is 0 Å². The van der Waals surface area contributed by atoms with Crippen molar-refractivity contribution in [2.24, 2.45) is 5.92 Å². The minimum atomic E-state index is -0.333. The lowest BCUT2D eigenvalue weighted by molar-refractivity contribution is -0.144. The second-order valence-corrected chi connectivity index (χ2v) is 9.30. The summed E-state index contributed by atoms with van der Waals surface area (Å²) in [5.41, 5.74) is 4.93. The fourth-order valence-electron chi connectivity index (χ4n) is 5.43. The number of hydrogen-bond acceptors (Lipinski definition) is 4. The molecule has 6 rings (SSSR count). The first-order valence-corrected chi connectivity index (χ1v) is 12.2. The number of esters is 1. The van der Waals surface area contributed by atoms with Crippen LogP contribution in [0.4, 0.5) is 4.39 Å². The molecular formula is C30H26FNO3. The maximum atomic E-state index is 15.1. The second-order valence-electron chi connectivity index (χ2n) is 9.30. The van der Waals surface area contributed by atoms with Crippen LogP contribution in [0.15, 0.2) is 73.1 Å². The Morgan fingerprint density at radius 1 is 1.06 bits per heavy atom. The van der Waals surface area contributed by atoms with Gasteiger partial charge in [0.2, 0.25) is 0 Å². The van der Waals surface area contributed by atoms with Gasteiger partial charge in [-0.3, -0.25) is 9.78 Å². The highest BCUT2D eigenvalue weighted by molar-refractivity contribution is 5.97. The Labute approximate surface area is 203 Å². The van der Waals surface area contributed by atoms with Gasteiger partial charge >= 0.3 is 5.97 Å². The molecule has 0 radical (unpaired) electrons. The summed E-state index contributed by atoms with van der Waals surface area (Å²) in [6.07, 6.45) is 5.63. The van der Waals surface area contributed by atoms with E-state index in [4.69, 9.17) is 9.47 Å². The van der Waals surface area contributed by atoms with Crippen LogP contribution in [0.5, 0.6) is 5.75 Å². The summed E-state index contributed by atoms with van der Waals surface area (Å²) < 4.78 is 26.5. The number of fused-ring (bicyclic) bond motifs is 2. The number of halogens is 1. The van der Waals surface area contributed by atoms with Crippen molar-refractivity contribution in [3.05, 3.63) is 95.6 Å². The number of rotatable bonds is 6. The molecule has 0 N–H and O–H groups in total. The molecule has 2 aliphatic rings. The number of hydrogen-bond donors (Lipinski definition) is 0. The van der Waals surface area contributed by atoms with Crippen LogP contribution in [0, 0.1) is 11.7 Å². The van der Waals surface area contributed by atoms with Crippen molar-refractivity contribution in [1.82, 2.24) is 4.98 Å². The van der Waals surface area contributed by atoms with Crippen molar-refractivity contribution in [1.29, 1.82) is 0 Å². The van der Waals surface area contributed by atoms with Crippen LogP contribution in [0.2, 0.25) is 0 Å². The third kappa shape index (κ3) is 3.95. The molecule has 1 aromatic heterocycles. The average Bonchev–Trinajstić information content (AvgIpc) is 3.58. The van der Waals surface area contributed by atoms with Crippen molar-refractivity contribution in [3.63, 3.8) is 0 Å². The minimum Gasteiger partial charge on any atom is -0.486 e. The second kappa shape index (κ2) is 8.81. The number of nitrogens with zero attached hydrogens (tertiary/aromatic N) is 1. The van der Waals surface area contributed by atoms with Gasteiger partial charge in [-0.25, -0.2) is 4.39 Å². The van der Waals surface area contributed by atoms with Gasteiger partial charge in [-0.05, 0) is 84.0 Å². The van der Waals surface area contributed by atoms with Crippen LogP contribution >= 0.6 is 0 Å². The molecule has 35 heavy (non-hydrogen) atoms. The molecular weight excluding hydrogens is 441 g/mol. The molecule has 0 unspecified atom stereocenters. The number of ether oxygens (including phenoxy) is 2. The van der Waals surface area contributed by atoms with Gasteiger partial charge in [0.05, 0.1) is 12.5 Å². The van der Waals surface area contributed by atoms with Crippen LogP contribution in [-0.2, 0) is 16.0 Å². The lowest BCUT2D eigenvalue weighted by atomic mass is 9.93. The Balaban J connectivity index is 1.25. The molecule has 176 valence electrons. The van der Waals surface area contributed by atoms with Gasteiger partial charge in [-0.1, -0.05) is 36.4 Å². The van der Waals surface area contributed by atoms with Crippen molar-refractivity contribution >= 4 is 16.7 Å². The highest BCUT2D eigenvalue weighted by atomic mass is 19.1. The van der Waals surface area contributed by atoms with E-state index in [0.717, 1.165) is 52.3 Å². The van der Waals surface area contributed by atoms with Crippen LogP contribution in [0.3, 0.4) is 0 Å². The Bertz CT molecular complexity index is 1410. The fraction of sp³-hybridized carbons (Fsp3) is 0.267. The van der Waals surface area contributed by atoms with E-state index in [1.54, 1.807) is 12.3 Å². The molecule has 1 saturated carbocycles. The molecule has 3 aromatic carbocycles. The molecule has 0 bridgehead atoms. The van der Waals surface area contributed by atoms with E-state index in [-0.39, 0.29) is 29.7 Å². The Kier molecular flexibility index (Phi) is 5.48. The van der Waals surface area contributed by atoms with Crippen LogP contribution in [0.1, 0.15) is 48.5 Å². The van der Waals surface area contributed by atoms with Gasteiger partial charge < -0.3 is 9.47 Å². The summed E-state index contributed by atoms with van der Waals surface area (Å²) in [7, 11) is 0. The topological polar surface area (TPSA) is 48.4 Å². The molecule has 1 fully saturated rings. The van der Waals surface area contributed by atoms with E-state index in [0.29, 0.717) is 17.9 Å². The highest BCUT2D eigenvalue weighted by Crippen LogP contribution is 2.49. The minimum absolute atomic E-state index is 0.0409. The zero-order valence-corrected chi connectivity index (χ0v) is 19.5. The Morgan fingerprint density at radius 2 is 1.91 bits per heavy atom. The molecule has 3 atom stereocenters. The number of carbonyl (C=O) groups excluding carboxylic acids is 1. The smallest absolute Gasteiger partial charge is 0.309 e. The summed E-state index contributed by atoms with van der Waals surface area (Å²) >= 11 is 0. The molecule has 0 aliphatic heterocycles. The molecule has 0 spiro atoms. The number of benzene rings is 3. The molecule has 0 amide bonds. The van der Waals surface area contributed by atoms with E-state index in [9.17, 15) is 4.79 Å². The monoisotopic (exact) mass is 467 g/mol. The molecule has 4 aromatic rings. The first-order chi connectivity index (χ1) is 17.1. The maximum Gasteiger partial charge on any atom is 0.309 e. The van der Waals surface area contributed by atoms with Crippen molar-refractivity contribution in [3.8, 4) is 16.9 Å². The standard InChI is InChI=1S/C30H26FNO3/c1-2-34-30(33)26-16-25(26)18-6-8-20(9-7-18)35-28-13-11-24-23(10-12-27(31)29(24)28)22-5-3-4-19-17-32-15-14-21(19)22/h3-10,12,14-15,17,25-26,28H,2,11,13,16H2,1H3/t25-,26+,28-/m1/s1. The zero-order chi connectivity index (χ0) is 23.9. The van der Waals surface area contributed by atoms with E-state index in [2.05, 4.69) is 11.1 Å². The third-order valence-electron chi connectivity index (χ3n) is 7.22. The summed E-state index contributed by atoms with van der Waals surface area (Å²) in [6.45, 7) is 2.24. The third-order valence-corrected chi connectivity index (χ3v) is 7.22. The molecule has 1 heterocycles. The predicted molar refractivity (Wildman–Crippen MR) is 133 cm³/mol. The molecule has 4 nitrogen and oxygen atoms in total. The zero-order valence-electron chi connectivity index (χ0n) is 19.5. The lowest BCUT2D eigenvalue weighted by Crippen LogP contribution is -2.07. The number of pyridine rings is 1. The molecule has 5 heteroatoms. The van der Waals surface area contributed by atoms with Crippen LogP contribution in [-0.4, -0.2) is 17.6 Å². The summed E-state index contributed by atoms with van der Waals surface area (Å²) in [5.74, 6) is 0.544. The van der Waals surface area contributed by atoms with E-state index in [1.165, 1.54) is 0 Å². The van der Waals surface area contributed by atoms with Crippen LogP contribution in [0.25, 0.3) is 21.9 Å². The van der Waals surface area contributed by atoms with Crippen LogP contribution < -0.4 is 4.74 Å². The highest BCUT2D eigenvalue weighted by Gasteiger charge is 2.45. The van der Waals surface area contributed by atoms with Crippen molar-refractivity contribution in [2.75, 3.05) is 6.61 Å². The average molecular weight is 468 g/mol. The van der Waals surface area contributed by atoms with Gasteiger partial charge in [-0.15, -0.1) is 0 Å². The Hall–Kier alpha value is -3.73. The first kappa shape index (κ1) is 21.8.